The van der Waals surface area contributed by atoms with E-state index >= 15 is 0 Å². The van der Waals surface area contributed by atoms with Crippen molar-refractivity contribution in [3.8, 4) is 5.75 Å². The lowest BCUT2D eigenvalue weighted by Crippen LogP contribution is -2.43. The van der Waals surface area contributed by atoms with Crippen LogP contribution in [0.25, 0.3) is 0 Å². The molecule has 3 fully saturated rings. The number of hydrogen-bond donors (Lipinski definition) is 2. The third-order valence-electron chi connectivity index (χ3n) is 5.96. The highest BCUT2D eigenvalue weighted by molar-refractivity contribution is 6.32. The molecule has 4 rings (SSSR count). The van der Waals surface area contributed by atoms with Crippen molar-refractivity contribution in [3.05, 3.63) is 23.2 Å². The van der Waals surface area contributed by atoms with Gasteiger partial charge in [-0.2, -0.15) is 0 Å². The average Bonchev–Trinajstić information content (AvgIpc) is 3.30. The van der Waals surface area contributed by atoms with Crippen molar-refractivity contribution in [2.45, 2.75) is 37.9 Å². The van der Waals surface area contributed by atoms with Gasteiger partial charge in [0, 0.05) is 18.8 Å². The van der Waals surface area contributed by atoms with Crippen molar-refractivity contribution in [2.24, 2.45) is 17.6 Å². The van der Waals surface area contributed by atoms with Crippen LogP contribution in [0.1, 0.15) is 26.2 Å². The lowest BCUT2D eigenvalue weighted by Gasteiger charge is -2.27. The van der Waals surface area contributed by atoms with Crippen LogP contribution >= 0.6 is 11.6 Å². The molecule has 2 amide bonds. The molecule has 4 atom stereocenters. The molecule has 8 heteroatoms. The fourth-order valence-electron chi connectivity index (χ4n) is 4.82. The third-order valence-corrected chi connectivity index (χ3v) is 6.26. The summed E-state index contributed by atoms with van der Waals surface area (Å²) in [5.41, 5.74) is 5.68. The summed E-state index contributed by atoms with van der Waals surface area (Å²) in [7, 11) is 0. The second-order valence-corrected chi connectivity index (χ2v) is 8.20. The zero-order valence-corrected chi connectivity index (χ0v) is 16.7. The summed E-state index contributed by atoms with van der Waals surface area (Å²) in [4.78, 5) is 27.7. The van der Waals surface area contributed by atoms with E-state index in [1.165, 1.54) is 0 Å². The monoisotopic (exact) mass is 407 g/mol. The first-order chi connectivity index (χ1) is 13.5. The van der Waals surface area contributed by atoms with Gasteiger partial charge in [-0.3, -0.25) is 9.59 Å². The molecule has 7 nitrogen and oxygen atoms in total. The van der Waals surface area contributed by atoms with Gasteiger partial charge in [-0.1, -0.05) is 18.5 Å². The minimum Gasteiger partial charge on any atom is -0.492 e. The minimum absolute atomic E-state index is 0.0193. The molecule has 0 radical (unpaired) electrons. The Morgan fingerprint density at radius 3 is 3.04 bits per heavy atom. The first kappa shape index (κ1) is 19.5. The van der Waals surface area contributed by atoms with Crippen LogP contribution < -0.4 is 15.8 Å². The number of nitrogens with one attached hydrogen (secondary N) is 1. The predicted molar refractivity (Wildman–Crippen MR) is 105 cm³/mol. The van der Waals surface area contributed by atoms with Crippen molar-refractivity contribution in [1.82, 2.24) is 4.90 Å². The summed E-state index contributed by atoms with van der Waals surface area (Å²) in [5, 5.41) is 3.36. The lowest BCUT2D eigenvalue weighted by molar-refractivity contribution is -0.136. The van der Waals surface area contributed by atoms with Gasteiger partial charge in [-0.05, 0) is 37.5 Å². The molecule has 3 saturated heterocycles. The number of benzene rings is 1. The van der Waals surface area contributed by atoms with Crippen molar-refractivity contribution in [3.63, 3.8) is 0 Å². The van der Waals surface area contributed by atoms with Gasteiger partial charge >= 0.3 is 0 Å². The van der Waals surface area contributed by atoms with E-state index in [-0.39, 0.29) is 17.9 Å². The molecular weight excluding hydrogens is 382 g/mol. The lowest BCUT2D eigenvalue weighted by atomic mass is 9.73. The Hall–Kier alpha value is -1.83. The van der Waals surface area contributed by atoms with Crippen LogP contribution in [-0.4, -0.2) is 54.7 Å². The summed E-state index contributed by atoms with van der Waals surface area (Å²) in [6, 6.07) is 5.18. The molecule has 0 aliphatic carbocycles. The number of likely N-dealkylation sites (tertiary alicyclic amines) is 1. The SMILES string of the molecule is CCCOc1ccc(NC(=O)[C@H]2[C@@H]3CC[C@@]4(CN(CCN)C(=O)[C@@H]24)O3)cc1Cl. The smallest absolute Gasteiger partial charge is 0.231 e. The number of rotatable bonds is 7. The van der Waals surface area contributed by atoms with Crippen LogP contribution in [0.2, 0.25) is 5.02 Å². The van der Waals surface area contributed by atoms with E-state index in [4.69, 9.17) is 26.8 Å². The van der Waals surface area contributed by atoms with E-state index in [0.29, 0.717) is 42.7 Å². The van der Waals surface area contributed by atoms with Gasteiger partial charge in [-0.15, -0.1) is 0 Å². The first-order valence-electron chi connectivity index (χ1n) is 9.89. The number of amides is 2. The van der Waals surface area contributed by atoms with E-state index in [2.05, 4.69) is 5.32 Å². The number of nitrogens with two attached hydrogens (primary N) is 1. The third kappa shape index (κ3) is 3.15. The number of nitrogens with zero attached hydrogens (tertiary/aromatic N) is 1. The Labute approximate surface area is 169 Å². The summed E-state index contributed by atoms with van der Waals surface area (Å²) in [6.07, 6.45) is 2.28. The van der Waals surface area contributed by atoms with Crippen LogP contribution in [0.5, 0.6) is 5.75 Å². The molecule has 0 unspecified atom stereocenters. The van der Waals surface area contributed by atoms with Crippen LogP contribution in [0.4, 0.5) is 5.69 Å². The number of ether oxygens (including phenoxy) is 2. The normalized spacial score (nSPS) is 30.6. The van der Waals surface area contributed by atoms with Crippen molar-refractivity contribution < 1.29 is 19.1 Å². The molecule has 1 spiro atoms. The minimum atomic E-state index is -0.533. The molecule has 1 aromatic rings. The van der Waals surface area contributed by atoms with Crippen molar-refractivity contribution >= 4 is 29.1 Å². The number of hydrogen-bond acceptors (Lipinski definition) is 5. The second-order valence-electron chi connectivity index (χ2n) is 7.79. The van der Waals surface area contributed by atoms with Gasteiger partial charge in [0.1, 0.15) is 5.75 Å². The largest absolute Gasteiger partial charge is 0.492 e. The van der Waals surface area contributed by atoms with Gasteiger partial charge in [0.05, 0.1) is 41.7 Å². The van der Waals surface area contributed by atoms with E-state index in [1.807, 2.05) is 6.92 Å². The van der Waals surface area contributed by atoms with E-state index in [9.17, 15) is 9.59 Å². The molecule has 1 aromatic carbocycles. The Morgan fingerprint density at radius 1 is 1.50 bits per heavy atom. The Balaban J connectivity index is 1.49. The predicted octanol–water partition coefficient (Wildman–Crippen LogP) is 2.03. The molecule has 3 N–H and O–H groups in total. The second kappa shape index (κ2) is 7.54. The van der Waals surface area contributed by atoms with Crippen LogP contribution in [-0.2, 0) is 14.3 Å². The number of carbonyl (C=O) groups excluding carboxylic acids is 2. The summed E-state index contributed by atoms with van der Waals surface area (Å²) < 4.78 is 11.7. The molecular formula is C20H26ClN3O4. The number of anilines is 1. The molecule has 3 aliphatic heterocycles. The van der Waals surface area contributed by atoms with Crippen LogP contribution in [0.15, 0.2) is 18.2 Å². The maximum Gasteiger partial charge on any atom is 0.231 e. The number of fused-ring (bicyclic) bond motifs is 1. The molecule has 3 heterocycles. The highest BCUT2D eigenvalue weighted by Crippen LogP contribution is 2.55. The average molecular weight is 408 g/mol. The van der Waals surface area contributed by atoms with Gasteiger partial charge in [0.15, 0.2) is 0 Å². The van der Waals surface area contributed by atoms with E-state index < -0.39 is 17.4 Å². The van der Waals surface area contributed by atoms with Crippen LogP contribution in [0, 0.1) is 11.8 Å². The first-order valence-corrected chi connectivity index (χ1v) is 10.3. The quantitative estimate of drug-likeness (QED) is 0.721. The van der Waals surface area contributed by atoms with Gasteiger partial charge in [0.2, 0.25) is 11.8 Å². The Morgan fingerprint density at radius 2 is 2.32 bits per heavy atom. The maximum atomic E-state index is 13.1. The topological polar surface area (TPSA) is 93.9 Å². The molecule has 152 valence electrons. The van der Waals surface area contributed by atoms with Gasteiger partial charge < -0.3 is 25.4 Å². The van der Waals surface area contributed by atoms with Crippen molar-refractivity contribution in [1.29, 1.82) is 0 Å². The number of carbonyl (C=O) groups is 2. The van der Waals surface area contributed by atoms with Crippen LogP contribution in [0.3, 0.4) is 0 Å². The van der Waals surface area contributed by atoms with Gasteiger partial charge in [0.25, 0.3) is 0 Å². The zero-order chi connectivity index (χ0) is 19.9. The molecule has 28 heavy (non-hydrogen) atoms. The Kier molecular flexibility index (Phi) is 5.24. The zero-order valence-electron chi connectivity index (χ0n) is 15.9. The summed E-state index contributed by atoms with van der Waals surface area (Å²) in [5.74, 6) is -0.543. The van der Waals surface area contributed by atoms with E-state index in [0.717, 1.165) is 19.3 Å². The molecule has 0 aromatic heterocycles. The maximum absolute atomic E-state index is 13.1. The Bertz CT molecular complexity index is 789. The molecule has 3 aliphatic rings. The van der Waals surface area contributed by atoms with Crippen molar-refractivity contribution in [2.75, 3.05) is 31.6 Å². The standard InChI is InChI=1S/C20H26ClN3O4/c1-2-9-27-14-4-3-12(10-13(14)21)23-18(25)16-15-5-6-20(28-15)11-24(8-7-22)19(26)17(16)20/h3-4,10,15-17H,2,5-9,11,22H2,1H3,(H,23,25)/t15-,16-,17+,20-/m0/s1. The van der Waals surface area contributed by atoms with E-state index in [1.54, 1.807) is 23.1 Å². The highest BCUT2D eigenvalue weighted by atomic mass is 35.5. The summed E-state index contributed by atoms with van der Waals surface area (Å²) in [6.45, 7) is 4.03. The summed E-state index contributed by atoms with van der Waals surface area (Å²) >= 11 is 6.26. The fourth-order valence-corrected chi connectivity index (χ4v) is 5.05. The molecule has 2 bridgehead atoms. The fraction of sp³-hybridized carbons (Fsp3) is 0.600. The number of halogens is 1. The molecule has 0 saturated carbocycles. The highest BCUT2D eigenvalue weighted by Gasteiger charge is 2.68. The van der Waals surface area contributed by atoms with Gasteiger partial charge in [-0.25, -0.2) is 0 Å².